The van der Waals surface area contributed by atoms with E-state index in [0.717, 1.165) is 24.5 Å². The van der Waals surface area contributed by atoms with E-state index in [9.17, 15) is 0 Å². The lowest BCUT2D eigenvalue weighted by molar-refractivity contribution is 0.197. The van der Waals surface area contributed by atoms with Gasteiger partial charge in [-0.15, -0.1) is 0 Å². The Labute approximate surface area is 144 Å². The summed E-state index contributed by atoms with van der Waals surface area (Å²) in [6.45, 7) is 7.28. The fourth-order valence-corrected chi connectivity index (χ4v) is 3.62. The van der Waals surface area contributed by atoms with Crippen LogP contribution in [0.4, 0.5) is 0 Å². The van der Waals surface area contributed by atoms with E-state index < -0.39 is 0 Å². The van der Waals surface area contributed by atoms with Crippen molar-refractivity contribution >= 4 is 0 Å². The Morgan fingerprint density at radius 1 is 1.33 bits per heavy atom. The molecule has 2 aromatic rings. The molecule has 0 spiro atoms. The SMILES string of the molecule is COc1ccc2c(c1)CCCC2N(C)Cc1ncnn1C(C)(C)C. The average molecular weight is 328 g/mol. The van der Waals surface area contributed by atoms with Gasteiger partial charge in [0.1, 0.15) is 17.9 Å². The molecule has 0 radical (unpaired) electrons. The second-order valence-electron chi connectivity index (χ2n) is 7.65. The molecule has 1 aliphatic carbocycles. The van der Waals surface area contributed by atoms with E-state index in [-0.39, 0.29) is 5.54 Å². The number of aromatic nitrogens is 3. The first-order chi connectivity index (χ1) is 11.4. The molecule has 0 amide bonds. The summed E-state index contributed by atoms with van der Waals surface area (Å²) in [6.07, 6.45) is 5.18. The van der Waals surface area contributed by atoms with Crippen LogP contribution >= 0.6 is 0 Å². The molecule has 0 N–H and O–H groups in total. The molecule has 3 rings (SSSR count). The second-order valence-corrected chi connectivity index (χ2v) is 7.65. The molecule has 1 aromatic heterocycles. The third-order valence-electron chi connectivity index (χ3n) is 4.81. The third-order valence-corrected chi connectivity index (χ3v) is 4.81. The minimum atomic E-state index is -0.0511. The maximum Gasteiger partial charge on any atom is 0.141 e. The molecule has 1 unspecified atom stereocenters. The zero-order valence-corrected chi connectivity index (χ0v) is 15.4. The number of aryl methyl sites for hydroxylation is 1. The fraction of sp³-hybridized carbons (Fsp3) is 0.579. The highest BCUT2D eigenvalue weighted by atomic mass is 16.5. The van der Waals surface area contributed by atoms with Crippen molar-refractivity contribution in [2.24, 2.45) is 0 Å². The number of fused-ring (bicyclic) bond motifs is 1. The standard InChI is InChI=1S/C19H28N4O/c1-19(2,3)23-18(20-13-21-23)12-22(4)17-8-6-7-14-11-15(24-5)9-10-16(14)17/h9-11,13,17H,6-8,12H2,1-5H3. The third kappa shape index (κ3) is 3.31. The van der Waals surface area contributed by atoms with Crippen molar-refractivity contribution in [3.63, 3.8) is 0 Å². The minimum absolute atomic E-state index is 0.0511. The van der Waals surface area contributed by atoms with Gasteiger partial charge in [-0.1, -0.05) is 6.07 Å². The largest absolute Gasteiger partial charge is 0.497 e. The Morgan fingerprint density at radius 2 is 2.12 bits per heavy atom. The van der Waals surface area contributed by atoms with Gasteiger partial charge in [-0.05, 0) is 70.3 Å². The predicted octanol–water partition coefficient (Wildman–Crippen LogP) is 3.55. The molecular formula is C19H28N4O. The van der Waals surface area contributed by atoms with Crippen LogP contribution in [0, 0.1) is 0 Å². The highest BCUT2D eigenvalue weighted by molar-refractivity contribution is 5.39. The molecule has 1 aliphatic rings. The first kappa shape index (κ1) is 17.0. The van der Waals surface area contributed by atoms with E-state index in [4.69, 9.17) is 4.74 Å². The van der Waals surface area contributed by atoms with Crippen molar-refractivity contribution in [3.05, 3.63) is 41.5 Å². The van der Waals surface area contributed by atoms with Crippen molar-refractivity contribution in [2.45, 2.75) is 58.2 Å². The quantitative estimate of drug-likeness (QED) is 0.861. The molecule has 5 heteroatoms. The Hall–Kier alpha value is -1.88. The summed E-state index contributed by atoms with van der Waals surface area (Å²) in [7, 11) is 3.92. The van der Waals surface area contributed by atoms with Crippen LogP contribution in [0.1, 0.15) is 56.6 Å². The number of hydrogen-bond acceptors (Lipinski definition) is 4. The molecular weight excluding hydrogens is 300 g/mol. The van der Waals surface area contributed by atoms with Crippen LogP contribution in [-0.4, -0.2) is 33.8 Å². The van der Waals surface area contributed by atoms with Gasteiger partial charge in [0.05, 0.1) is 19.2 Å². The summed E-state index contributed by atoms with van der Waals surface area (Å²) in [5, 5.41) is 4.41. The van der Waals surface area contributed by atoms with Gasteiger partial charge in [0.2, 0.25) is 0 Å². The van der Waals surface area contributed by atoms with Crippen LogP contribution in [0.5, 0.6) is 5.75 Å². The van der Waals surface area contributed by atoms with Crippen molar-refractivity contribution in [1.82, 2.24) is 19.7 Å². The molecule has 5 nitrogen and oxygen atoms in total. The van der Waals surface area contributed by atoms with Crippen molar-refractivity contribution in [1.29, 1.82) is 0 Å². The summed E-state index contributed by atoms with van der Waals surface area (Å²) in [5.41, 5.74) is 2.78. The van der Waals surface area contributed by atoms with Crippen LogP contribution in [0.3, 0.4) is 0 Å². The lowest BCUT2D eigenvalue weighted by Gasteiger charge is -2.34. The van der Waals surface area contributed by atoms with Gasteiger partial charge in [0, 0.05) is 6.04 Å². The number of methoxy groups -OCH3 is 1. The summed E-state index contributed by atoms with van der Waals surface area (Å²) >= 11 is 0. The minimum Gasteiger partial charge on any atom is -0.497 e. The first-order valence-electron chi connectivity index (χ1n) is 8.66. The molecule has 0 fully saturated rings. The highest BCUT2D eigenvalue weighted by Gasteiger charge is 2.26. The Kier molecular flexibility index (Phi) is 4.63. The maximum absolute atomic E-state index is 5.38. The molecule has 1 heterocycles. The lowest BCUT2D eigenvalue weighted by Crippen LogP contribution is -2.32. The van der Waals surface area contributed by atoms with Crippen LogP contribution in [0.2, 0.25) is 0 Å². The van der Waals surface area contributed by atoms with Gasteiger partial charge in [0.25, 0.3) is 0 Å². The Morgan fingerprint density at radius 3 is 2.83 bits per heavy atom. The zero-order valence-electron chi connectivity index (χ0n) is 15.4. The van der Waals surface area contributed by atoms with Gasteiger partial charge in [-0.2, -0.15) is 5.10 Å². The molecule has 1 aromatic carbocycles. The van der Waals surface area contributed by atoms with E-state index in [1.165, 1.54) is 24.0 Å². The summed E-state index contributed by atoms with van der Waals surface area (Å²) in [6, 6.07) is 6.91. The van der Waals surface area contributed by atoms with Crippen LogP contribution < -0.4 is 4.74 Å². The van der Waals surface area contributed by atoms with Crippen molar-refractivity contribution < 1.29 is 4.74 Å². The lowest BCUT2D eigenvalue weighted by atomic mass is 9.86. The van der Waals surface area contributed by atoms with Crippen molar-refractivity contribution in [3.8, 4) is 5.75 Å². The average Bonchev–Trinajstić information content (AvgIpc) is 3.02. The normalized spacial score (nSPS) is 17.8. The summed E-state index contributed by atoms with van der Waals surface area (Å²) < 4.78 is 7.41. The molecule has 0 aliphatic heterocycles. The smallest absolute Gasteiger partial charge is 0.141 e. The summed E-state index contributed by atoms with van der Waals surface area (Å²) in [5.74, 6) is 1.97. The monoisotopic (exact) mass is 328 g/mol. The van der Waals surface area contributed by atoms with E-state index in [1.807, 2.05) is 4.68 Å². The van der Waals surface area contributed by atoms with Gasteiger partial charge >= 0.3 is 0 Å². The van der Waals surface area contributed by atoms with Gasteiger partial charge in [-0.25, -0.2) is 9.67 Å². The topological polar surface area (TPSA) is 43.2 Å². The molecule has 24 heavy (non-hydrogen) atoms. The van der Waals surface area contributed by atoms with Gasteiger partial charge < -0.3 is 4.74 Å². The zero-order chi connectivity index (χ0) is 17.3. The first-order valence-corrected chi connectivity index (χ1v) is 8.66. The number of hydrogen-bond donors (Lipinski definition) is 0. The Balaban J connectivity index is 1.82. The van der Waals surface area contributed by atoms with E-state index in [0.29, 0.717) is 6.04 Å². The summed E-state index contributed by atoms with van der Waals surface area (Å²) in [4.78, 5) is 6.89. The van der Waals surface area contributed by atoms with E-state index in [1.54, 1.807) is 13.4 Å². The molecule has 1 atom stereocenters. The van der Waals surface area contributed by atoms with Crippen LogP contribution in [-0.2, 0) is 18.5 Å². The van der Waals surface area contributed by atoms with Crippen LogP contribution in [0.15, 0.2) is 24.5 Å². The predicted molar refractivity (Wildman–Crippen MR) is 95.2 cm³/mol. The Bertz CT molecular complexity index is 702. The number of nitrogens with zero attached hydrogens (tertiary/aromatic N) is 4. The maximum atomic E-state index is 5.38. The van der Waals surface area contributed by atoms with E-state index in [2.05, 4.69) is 61.0 Å². The molecule has 130 valence electrons. The fourth-order valence-electron chi connectivity index (χ4n) is 3.62. The molecule has 0 saturated carbocycles. The van der Waals surface area contributed by atoms with Crippen LogP contribution in [0.25, 0.3) is 0 Å². The number of ether oxygens (including phenoxy) is 1. The second kappa shape index (κ2) is 6.55. The highest BCUT2D eigenvalue weighted by Crippen LogP contribution is 2.36. The van der Waals surface area contributed by atoms with Crippen molar-refractivity contribution in [2.75, 3.05) is 14.2 Å². The number of benzene rings is 1. The van der Waals surface area contributed by atoms with Gasteiger partial charge in [0.15, 0.2) is 0 Å². The number of rotatable bonds is 4. The molecule has 0 saturated heterocycles. The van der Waals surface area contributed by atoms with Gasteiger partial charge in [-0.3, -0.25) is 4.90 Å². The molecule has 0 bridgehead atoms. The van der Waals surface area contributed by atoms with E-state index >= 15 is 0 Å².